The normalized spacial score (nSPS) is 16.5. The van der Waals surface area contributed by atoms with E-state index < -0.39 is 11.3 Å². The van der Waals surface area contributed by atoms with Gasteiger partial charge in [0.15, 0.2) is 0 Å². The minimum atomic E-state index is -0.553. The van der Waals surface area contributed by atoms with Gasteiger partial charge >= 0.3 is 0 Å². The van der Waals surface area contributed by atoms with E-state index in [-0.39, 0.29) is 5.91 Å². The van der Waals surface area contributed by atoms with Gasteiger partial charge in [-0.25, -0.2) is 0 Å². The molecule has 0 saturated heterocycles. The highest BCUT2D eigenvalue weighted by Crippen LogP contribution is 2.39. The van der Waals surface area contributed by atoms with Crippen LogP contribution in [0, 0.1) is 5.41 Å². The van der Waals surface area contributed by atoms with Crippen molar-refractivity contribution in [2.75, 3.05) is 19.0 Å². The number of carbonyl (C=O) groups excluding carboxylic acids is 2. The van der Waals surface area contributed by atoms with Gasteiger partial charge in [0.1, 0.15) is 5.75 Å². The summed E-state index contributed by atoms with van der Waals surface area (Å²) in [5.41, 5.74) is 11.3. The number of rotatable bonds is 5. The lowest BCUT2D eigenvalue weighted by Crippen LogP contribution is -2.40. The van der Waals surface area contributed by atoms with Crippen LogP contribution < -0.4 is 21.5 Å². The average Bonchev–Trinajstić information content (AvgIpc) is 2.97. The first-order chi connectivity index (χ1) is 10.0. The molecule has 2 amide bonds. The number of amides is 2. The summed E-state index contributed by atoms with van der Waals surface area (Å²) in [5.74, 6) is -0.191. The van der Waals surface area contributed by atoms with E-state index in [9.17, 15) is 9.59 Å². The fourth-order valence-electron chi connectivity index (χ4n) is 2.79. The second kappa shape index (κ2) is 6.13. The Morgan fingerprint density at radius 3 is 2.52 bits per heavy atom. The van der Waals surface area contributed by atoms with Gasteiger partial charge in [0, 0.05) is 12.1 Å². The molecule has 114 valence electrons. The summed E-state index contributed by atoms with van der Waals surface area (Å²) in [5, 5.41) is 2.84. The molecule has 0 bridgehead atoms. The first-order valence-corrected chi connectivity index (χ1v) is 7.02. The predicted octanol–water partition coefficient (Wildman–Crippen LogP) is 1.25. The molecule has 0 unspecified atom stereocenters. The van der Waals surface area contributed by atoms with E-state index in [2.05, 4.69) is 5.32 Å². The number of methoxy groups -OCH3 is 1. The van der Waals surface area contributed by atoms with Gasteiger partial charge in [-0.15, -0.1) is 0 Å². The van der Waals surface area contributed by atoms with Crippen LogP contribution in [0.3, 0.4) is 0 Å². The molecule has 6 nitrogen and oxygen atoms in total. The Morgan fingerprint density at radius 1 is 1.33 bits per heavy atom. The lowest BCUT2D eigenvalue weighted by atomic mass is 9.85. The molecule has 0 spiro atoms. The van der Waals surface area contributed by atoms with Crippen molar-refractivity contribution >= 4 is 17.5 Å². The van der Waals surface area contributed by atoms with Crippen molar-refractivity contribution in [2.45, 2.75) is 25.7 Å². The third kappa shape index (κ3) is 3.00. The Balaban J connectivity index is 2.27. The highest BCUT2D eigenvalue weighted by atomic mass is 16.5. The molecule has 1 aromatic carbocycles. The van der Waals surface area contributed by atoms with Crippen molar-refractivity contribution in [3.05, 3.63) is 23.8 Å². The van der Waals surface area contributed by atoms with E-state index in [1.807, 2.05) is 0 Å². The highest BCUT2D eigenvalue weighted by Gasteiger charge is 2.40. The van der Waals surface area contributed by atoms with E-state index in [0.29, 0.717) is 23.5 Å². The van der Waals surface area contributed by atoms with E-state index in [0.717, 1.165) is 25.7 Å². The number of ether oxygens (including phenoxy) is 1. The Hall–Kier alpha value is -2.08. The minimum absolute atomic E-state index is 0.123. The molecule has 5 N–H and O–H groups in total. The molecular formula is C15H21N3O3. The number of nitrogens with two attached hydrogens (primary N) is 2. The zero-order valence-corrected chi connectivity index (χ0v) is 12.1. The van der Waals surface area contributed by atoms with Gasteiger partial charge in [-0.1, -0.05) is 12.8 Å². The molecule has 1 aliphatic rings. The lowest BCUT2D eigenvalue weighted by molar-refractivity contribution is -0.124. The van der Waals surface area contributed by atoms with E-state index >= 15 is 0 Å². The molecule has 0 aliphatic heterocycles. The maximum atomic E-state index is 12.6. The predicted molar refractivity (Wildman–Crippen MR) is 80.1 cm³/mol. The van der Waals surface area contributed by atoms with Crippen LogP contribution in [0.1, 0.15) is 36.0 Å². The number of benzene rings is 1. The van der Waals surface area contributed by atoms with Crippen molar-refractivity contribution in [1.82, 2.24) is 0 Å². The summed E-state index contributed by atoms with van der Waals surface area (Å²) in [6, 6.07) is 4.70. The number of carbonyl (C=O) groups is 2. The van der Waals surface area contributed by atoms with Gasteiger partial charge in [-0.05, 0) is 31.0 Å². The van der Waals surface area contributed by atoms with Gasteiger partial charge in [-0.2, -0.15) is 0 Å². The van der Waals surface area contributed by atoms with Crippen molar-refractivity contribution in [1.29, 1.82) is 0 Å². The van der Waals surface area contributed by atoms with E-state index in [1.165, 1.54) is 13.2 Å². The molecule has 0 radical (unpaired) electrons. The zero-order valence-electron chi connectivity index (χ0n) is 12.1. The topological polar surface area (TPSA) is 107 Å². The van der Waals surface area contributed by atoms with Crippen molar-refractivity contribution < 1.29 is 14.3 Å². The number of hydrogen-bond acceptors (Lipinski definition) is 4. The SMILES string of the molecule is COc1ccc(C(N)=O)cc1NC(=O)C1(CN)CCCC1. The van der Waals surface area contributed by atoms with Crippen LogP contribution in [0.2, 0.25) is 0 Å². The molecule has 6 heteroatoms. The molecular weight excluding hydrogens is 270 g/mol. The highest BCUT2D eigenvalue weighted by molar-refractivity contribution is 5.99. The smallest absolute Gasteiger partial charge is 0.248 e. The third-order valence-corrected chi connectivity index (χ3v) is 4.17. The van der Waals surface area contributed by atoms with Crippen molar-refractivity contribution in [3.63, 3.8) is 0 Å². The average molecular weight is 291 g/mol. The maximum absolute atomic E-state index is 12.6. The fraction of sp³-hybridized carbons (Fsp3) is 0.467. The molecule has 1 fully saturated rings. The fourth-order valence-corrected chi connectivity index (χ4v) is 2.79. The van der Waals surface area contributed by atoms with Gasteiger partial charge < -0.3 is 21.5 Å². The molecule has 21 heavy (non-hydrogen) atoms. The monoisotopic (exact) mass is 291 g/mol. The summed E-state index contributed by atoms with van der Waals surface area (Å²) >= 11 is 0. The van der Waals surface area contributed by atoms with Crippen LogP contribution in [-0.4, -0.2) is 25.5 Å². The summed E-state index contributed by atoms with van der Waals surface area (Å²) in [7, 11) is 1.50. The van der Waals surface area contributed by atoms with Gasteiger partial charge in [0.05, 0.1) is 18.2 Å². The molecule has 0 atom stereocenters. The summed E-state index contributed by atoms with van der Waals surface area (Å²) in [6.07, 6.45) is 3.58. The van der Waals surface area contributed by atoms with Crippen LogP contribution in [0.25, 0.3) is 0 Å². The summed E-state index contributed by atoms with van der Waals surface area (Å²) < 4.78 is 5.21. The largest absolute Gasteiger partial charge is 0.495 e. The third-order valence-electron chi connectivity index (χ3n) is 4.17. The second-order valence-electron chi connectivity index (χ2n) is 5.42. The zero-order chi connectivity index (χ0) is 15.5. The first kappa shape index (κ1) is 15.3. The minimum Gasteiger partial charge on any atom is -0.495 e. The van der Waals surface area contributed by atoms with Crippen LogP contribution >= 0.6 is 0 Å². The number of nitrogens with one attached hydrogen (secondary N) is 1. The van der Waals surface area contributed by atoms with Crippen LogP contribution in [0.15, 0.2) is 18.2 Å². The summed E-state index contributed by atoms with van der Waals surface area (Å²) in [6.45, 7) is 0.316. The van der Waals surface area contributed by atoms with E-state index in [1.54, 1.807) is 12.1 Å². The second-order valence-corrected chi connectivity index (χ2v) is 5.42. The standard InChI is InChI=1S/C15H21N3O3/c1-21-12-5-4-10(13(17)19)8-11(12)18-14(20)15(9-16)6-2-3-7-15/h4-5,8H,2-3,6-7,9,16H2,1H3,(H2,17,19)(H,18,20). The molecule has 0 heterocycles. The molecule has 2 rings (SSSR count). The number of anilines is 1. The Bertz CT molecular complexity index is 551. The van der Waals surface area contributed by atoms with Gasteiger partial charge in [0.25, 0.3) is 0 Å². The first-order valence-electron chi connectivity index (χ1n) is 7.02. The van der Waals surface area contributed by atoms with Crippen LogP contribution in [0.4, 0.5) is 5.69 Å². The molecule has 0 aromatic heterocycles. The Morgan fingerprint density at radius 2 is 2.00 bits per heavy atom. The molecule has 1 aliphatic carbocycles. The lowest BCUT2D eigenvalue weighted by Gasteiger charge is -2.26. The van der Waals surface area contributed by atoms with Crippen LogP contribution in [-0.2, 0) is 4.79 Å². The number of hydrogen-bond donors (Lipinski definition) is 3. The van der Waals surface area contributed by atoms with Crippen molar-refractivity contribution in [3.8, 4) is 5.75 Å². The number of primary amides is 1. The maximum Gasteiger partial charge on any atom is 0.248 e. The Kier molecular flexibility index (Phi) is 4.47. The van der Waals surface area contributed by atoms with Crippen molar-refractivity contribution in [2.24, 2.45) is 16.9 Å². The quantitative estimate of drug-likeness (QED) is 0.758. The Labute approximate surface area is 123 Å². The van der Waals surface area contributed by atoms with Gasteiger partial charge in [0.2, 0.25) is 11.8 Å². The molecule has 1 saturated carbocycles. The van der Waals surface area contributed by atoms with Gasteiger partial charge in [-0.3, -0.25) is 9.59 Å². The van der Waals surface area contributed by atoms with E-state index in [4.69, 9.17) is 16.2 Å². The summed E-state index contributed by atoms with van der Waals surface area (Å²) in [4.78, 5) is 23.8. The molecule has 1 aromatic rings. The van der Waals surface area contributed by atoms with Crippen LogP contribution in [0.5, 0.6) is 5.75 Å².